The highest BCUT2D eigenvalue weighted by Gasteiger charge is 2.11. The second kappa shape index (κ2) is 6.34. The number of anilines is 1. The summed E-state index contributed by atoms with van der Waals surface area (Å²) in [4.78, 5) is 15.0. The zero-order valence-electron chi connectivity index (χ0n) is 10.1. The van der Waals surface area contributed by atoms with Crippen molar-refractivity contribution < 1.29 is 17.9 Å². The molecular formula is C9H16N4O4S. The van der Waals surface area contributed by atoms with E-state index >= 15 is 0 Å². The number of hydrogen-bond acceptors (Lipinski definition) is 7. The summed E-state index contributed by atoms with van der Waals surface area (Å²) in [5.41, 5.74) is 5.27. The Hall–Kier alpha value is -1.64. The van der Waals surface area contributed by atoms with Gasteiger partial charge in [0, 0.05) is 0 Å². The van der Waals surface area contributed by atoms with Crippen LogP contribution in [0, 0.1) is 0 Å². The van der Waals surface area contributed by atoms with Crippen molar-refractivity contribution >= 4 is 21.8 Å². The predicted molar refractivity (Wildman–Crippen MR) is 64.3 cm³/mol. The van der Waals surface area contributed by atoms with Gasteiger partial charge in [0.15, 0.2) is 9.84 Å². The van der Waals surface area contributed by atoms with Crippen molar-refractivity contribution in [1.82, 2.24) is 14.8 Å². The Morgan fingerprint density at radius 3 is 2.78 bits per heavy atom. The van der Waals surface area contributed by atoms with Crippen molar-refractivity contribution in [2.24, 2.45) is 0 Å². The molecule has 0 spiro atoms. The van der Waals surface area contributed by atoms with Crippen LogP contribution in [0.2, 0.25) is 0 Å². The van der Waals surface area contributed by atoms with E-state index in [0.717, 1.165) is 0 Å². The third-order valence-electron chi connectivity index (χ3n) is 2.02. The quantitative estimate of drug-likeness (QED) is 0.649. The normalized spacial score (nSPS) is 11.4. The molecule has 1 heterocycles. The van der Waals surface area contributed by atoms with E-state index in [1.807, 2.05) is 0 Å². The van der Waals surface area contributed by atoms with Crippen LogP contribution in [0.5, 0.6) is 0 Å². The maximum Gasteiger partial charge on any atom is 0.327 e. The molecule has 0 saturated carbocycles. The zero-order valence-corrected chi connectivity index (χ0v) is 10.9. The average molecular weight is 276 g/mol. The second-order valence-corrected chi connectivity index (χ2v) is 5.98. The van der Waals surface area contributed by atoms with E-state index in [1.54, 1.807) is 6.92 Å². The smallest absolute Gasteiger partial charge is 0.327 e. The van der Waals surface area contributed by atoms with Gasteiger partial charge >= 0.3 is 5.97 Å². The van der Waals surface area contributed by atoms with Crippen LogP contribution in [0.3, 0.4) is 0 Å². The lowest BCUT2D eigenvalue weighted by Crippen LogP contribution is -2.20. The van der Waals surface area contributed by atoms with Crippen LogP contribution in [-0.4, -0.2) is 47.3 Å². The molecule has 1 aromatic heterocycles. The van der Waals surface area contributed by atoms with E-state index in [1.165, 1.54) is 11.0 Å². The molecule has 0 fully saturated rings. The fraction of sp³-hybridized carbons (Fsp3) is 0.667. The molecule has 0 amide bonds. The molecule has 0 unspecified atom stereocenters. The highest BCUT2D eigenvalue weighted by atomic mass is 32.2. The van der Waals surface area contributed by atoms with Crippen LogP contribution < -0.4 is 5.73 Å². The Balaban J connectivity index is 2.30. The molecule has 0 aliphatic rings. The number of rotatable bonds is 7. The summed E-state index contributed by atoms with van der Waals surface area (Å²) in [6.07, 6.45) is 1.85. The number of nitrogens with two attached hydrogens (primary N) is 1. The van der Waals surface area contributed by atoms with Gasteiger partial charge < -0.3 is 10.5 Å². The molecule has 1 rings (SSSR count). The van der Waals surface area contributed by atoms with Gasteiger partial charge in [-0.2, -0.15) is 0 Å². The topological polar surface area (TPSA) is 117 Å². The number of sulfone groups is 1. The third kappa shape index (κ3) is 5.13. The van der Waals surface area contributed by atoms with Gasteiger partial charge in [0.25, 0.3) is 0 Å². The fourth-order valence-corrected chi connectivity index (χ4v) is 2.42. The van der Waals surface area contributed by atoms with Crippen molar-refractivity contribution in [2.45, 2.75) is 19.9 Å². The molecule has 0 saturated heterocycles. The molecule has 0 radical (unpaired) electrons. The van der Waals surface area contributed by atoms with Gasteiger partial charge in [0.05, 0.1) is 11.5 Å². The first-order chi connectivity index (χ1) is 8.43. The molecular weight excluding hydrogens is 260 g/mol. The van der Waals surface area contributed by atoms with Crippen LogP contribution in [-0.2, 0) is 25.9 Å². The van der Waals surface area contributed by atoms with Gasteiger partial charge in [-0.05, 0) is 6.42 Å². The Morgan fingerprint density at radius 2 is 2.22 bits per heavy atom. The molecule has 2 N–H and O–H groups in total. The van der Waals surface area contributed by atoms with Crippen molar-refractivity contribution in [3.63, 3.8) is 0 Å². The fourth-order valence-electron chi connectivity index (χ4n) is 1.26. The van der Waals surface area contributed by atoms with E-state index in [-0.39, 0.29) is 30.6 Å². The molecule has 1 aromatic rings. The van der Waals surface area contributed by atoms with Crippen molar-refractivity contribution in [3.8, 4) is 0 Å². The predicted octanol–water partition coefficient (Wildman–Crippen LogP) is -0.772. The Morgan fingerprint density at radius 1 is 1.50 bits per heavy atom. The molecule has 8 nitrogen and oxygen atoms in total. The first-order valence-electron chi connectivity index (χ1n) is 5.44. The highest BCUT2D eigenvalue weighted by molar-refractivity contribution is 7.91. The summed E-state index contributed by atoms with van der Waals surface area (Å²) in [5.74, 6) is -0.573. The summed E-state index contributed by atoms with van der Waals surface area (Å²) in [5, 5.41) is 3.70. The summed E-state index contributed by atoms with van der Waals surface area (Å²) >= 11 is 0. The Bertz CT molecular complexity index is 496. The first-order valence-corrected chi connectivity index (χ1v) is 7.26. The number of aromatic nitrogens is 3. The van der Waals surface area contributed by atoms with Crippen LogP contribution in [0.25, 0.3) is 0 Å². The maximum absolute atomic E-state index is 11.3. The van der Waals surface area contributed by atoms with Gasteiger partial charge in [-0.15, -0.1) is 5.10 Å². The van der Waals surface area contributed by atoms with Gasteiger partial charge in [-0.1, -0.05) is 6.92 Å². The third-order valence-corrected chi connectivity index (χ3v) is 3.84. The van der Waals surface area contributed by atoms with E-state index in [4.69, 9.17) is 10.5 Å². The number of nitrogen functional groups attached to an aromatic ring is 1. The number of hydrogen-bond donors (Lipinski definition) is 1. The number of carbonyl (C=O) groups is 1. The van der Waals surface area contributed by atoms with E-state index in [2.05, 4.69) is 10.1 Å². The van der Waals surface area contributed by atoms with Gasteiger partial charge in [-0.25, -0.2) is 18.1 Å². The largest absolute Gasteiger partial charge is 0.463 e. The monoisotopic (exact) mass is 276 g/mol. The summed E-state index contributed by atoms with van der Waals surface area (Å²) in [6.45, 7) is 1.49. The Labute approximate surface area is 105 Å². The SMILES string of the molecule is CCCS(=O)(=O)CCOC(=O)Cn1cnc(N)n1. The molecule has 102 valence electrons. The minimum atomic E-state index is -3.13. The maximum atomic E-state index is 11.3. The molecule has 0 bridgehead atoms. The van der Waals surface area contributed by atoms with Gasteiger partial charge in [0.2, 0.25) is 5.95 Å². The van der Waals surface area contributed by atoms with Crippen LogP contribution in [0.1, 0.15) is 13.3 Å². The Kier molecular flexibility index (Phi) is 5.08. The lowest BCUT2D eigenvalue weighted by Gasteiger charge is -2.05. The van der Waals surface area contributed by atoms with Crippen LogP contribution in [0.4, 0.5) is 5.95 Å². The first kappa shape index (κ1) is 14.4. The number of ether oxygens (including phenoxy) is 1. The van der Waals surface area contributed by atoms with E-state index < -0.39 is 15.8 Å². The molecule has 0 aliphatic carbocycles. The number of nitrogens with zero attached hydrogens (tertiary/aromatic N) is 3. The number of carbonyl (C=O) groups excluding carboxylic acids is 1. The van der Waals surface area contributed by atoms with E-state index in [0.29, 0.717) is 6.42 Å². The molecule has 9 heteroatoms. The lowest BCUT2D eigenvalue weighted by molar-refractivity contribution is -0.143. The van der Waals surface area contributed by atoms with Crippen LogP contribution >= 0.6 is 0 Å². The highest BCUT2D eigenvalue weighted by Crippen LogP contribution is 1.95. The lowest BCUT2D eigenvalue weighted by atomic mass is 10.6. The molecule has 0 aromatic carbocycles. The van der Waals surface area contributed by atoms with Crippen molar-refractivity contribution in [3.05, 3.63) is 6.33 Å². The van der Waals surface area contributed by atoms with Crippen LogP contribution in [0.15, 0.2) is 6.33 Å². The molecule has 18 heavy (non-hydrogen) atoms. The van der Waals surface area contributed by atoms with Crippen molar-refractivity contribution in [1.29, 1.82) is 0 Å². The van der Waals surface area contributed by atoms with Gasteiger partial charge in [0.1, 0.15) is 19.5 Å². The summed E-state index contributed by atoms with van der Waals surface area (Å²) in [7, 11) is -3.13. The van der Waals surface area contributed by atoms with Gasteiger partial charge in [-0.3, -0.25) is 4.79 Å². The van der Waals surface area contributed by atoms with Crippen molar-refractivity contribution in [2.75, 3.05) is 23.8 Å². The zero-order chi connectivity index (χ0) is 13.6. The molecule has 0 atom stereocenters. The minimum absolute atomic E-state index is 0.0633. The molecule has 0 aliphatic heterocycles. The average Bonchev–Trinajstić information content (AvgIpc) is 2.63. The summed E-state index contributed by atoms with van der Waals surface area (Å²) < 4.78 is 28.7. The standard InChI is InChI=1S/C9H16N4O4S/c1-2-4-18(15,16)5-3-17-8(14)6-13-7-11-9(10)12-13/h7H,2-6H2,1H3,(H2,10,12). The van der Waals surface area contributed by atoms with E-state index in [9.17, 15) is 13.2 Å². The second-order valence-electron chi connectivity index (χ2n) is 3.67. The minimum Gasteiger partial charge on any atom is -0.463 e. The summed E-state index contributed by atoms with van der Waals surface area (Å²) in [6, 6.07) is 0. The number of esters is 1.